The highest BCUT2D eigenvalue weighted by Crippen LogP contribution is 2.41. The van der Waals surface area contributed by atoms with E-state index in [1.54, 1.807) is 38.1 Å². The maximum atomic E-state index is 13.9. The van der Waals surface area contributed by atoms with Crippen LogP contribution in [0.2, 0.25) is 5.02 Å². The van der Waals surface area contributed by atoms with Crippen LogP contribution >= 0.6 is 11.6 Å². The molecule has 0 saturated heterocycles. The van der Waals surface area contributed by atoms with Crippen LogP contribution < -0.4 is 5.32 Å². The summed E-state index contributed by atoms with van der Waals surface area (Å²) in [4.78, 5) is 4.47. The van der Waals surface area contributed by atoms with Crippen molar-refractivity contribution in [1.82, 2.24) is 19.9 Å². The summed E-state index contributed by atoms with van der Waals surface area (Å²) in [5.74, 6) is 0. The van der Waals surface area contributed by atoms with Gasteiger partial charge in [-0.05, 0) is 55.3 Å². The highest BCUT2D eigenvalue weighted by Gasteiger charge is 2.40. The fourth-order valence-electron chi connectivity index (χ4n) is 4.40. The first-order chi connectivity index (χ1) is 16.4. The maximum Gasteiger partial charge on any atom is 0.416 e. The minimum Gasteiger partial charge on any atom is -0.386 e. The maximum absolute atomic E-state index is 13.9. The van der Waals surface area contributed by atoms with Crippen LogP contribution in [0.15, 0.2) is 54.6 Å². The van der Waals surface area contributed by atoms with Crippen LogP contribution in [0, 0.1) is 0 Å². The average molecular weight is 503 g/mol. The molecule has 182 valence electrons. The highest BCUT2D eigenvalue weighted by atomic mass is 35.5. The molecule has 1 aliphatic rings. The molecule has 2 aromatic heterocycles. The number of nitrogens with one attached hydrogen (secondary N) is 1. The zero-order valence-corrected chi connectivity index (χ0v) is 19.6. The topological polar surface area (TPSA) is 82.7 Å². The Kier molecular flexibility index (Phi) is 5.63. The summed E-state index contributed by atoms with van der Waals surface area (Å²) in [6, 6.07) is 13.2. The highest BCUT2D eigenvalue weighted by molar-refractivity contribution is 6.30. The fraction of sp³-hybridized carbons (Fsp3) is 0.280. The Bertz CT molecular complexity index is 1410. The molecule has 0 aliphatic carbocycles. The third-order valence-electron chi connectivity index (χ3n) is 6.16. The zero-order valence-electron chi connectivity index (χ0n) is 18.8. The van der Waals surface area contributed by atoms with Crippen molar-refractivity contribution in [1.29, 1.82) is 0 Å². The number of hydrogen-bond donors (Lipinski definition) is 3. The molecule has 2 atom stereocenters. The average Bonchev–Trinajstić information content (AvgIpc) is 3.18. The number of aliphatic hydroxyl groups is 2. The minimum absolute atomic E-state index is 0.0244. The number of nitrogens with zero attached hydrogens (tertiary/aromatic N) is 3. The van der Waals surface area contributed by atoms with E-state index >= 15 is 0 Å². The van der Waals surface area contributed by atoms with Gasteiger partial charge in [0.15, 0.2) is 5.65 Å². The van der Waals surface area contributed by atoms with Gasteiger partial charge in [-0.2, -0.15) is 18.3 Å². The standard InChI is InChI=1S/C25H22ClF3N4O2/c1-24(2,35)14-5-3-13(4-6-14)18-9-10-20-31-22-19(34)12-30-21(23(22)33(20)32-18)16-11-15(26)7-8-17(16)25(27,28)29/h3-11,19,21,30,34-35H,12H2,1-2H3/t19-,21+/m1/s1. The Morgan fingerprint density at radius 3 is 2.43 bits per heavy atom. The summed E-state index contributed by atoms with van der Waals surface area (Å²) in [6.45, 7) is 3.40. The molecule has 10 heteroatoms. The third-order valence-corrected chi connectivity index (χ3v) is 6.40. The molecule has 0 amide bonds. The second-order valence-corrected chi connectivity index (χ2v) is 9.53. The van der Waals surface area contributed by atoms with Gasteiger partial charge in [0.05, 0.1) is 34.3 Å². The van der Waals surface area contributed by atoms with E-state index in [4.69, 9.17) is 11.6 Å². The normalized spacial score (nSPS) is 18.6. The Balaban J connectivity index is 1.67. The molecule has 0 bridgehead atoms. The van der Waals surface area contributed by atoms with Gasteiger partial charge >= 0.3 is 6.18 Å². The summed E-state index contributed by atoms with van der Waals surface area (Å²) in [7, 11) is 0. The molecule has 3 heterocycles. The lowest BCUT2D eigenvalue weighted by Gasteiger charge is -2.29. The third kappa shape index (κ3) is 4.29. The number of β-amino-alcohol motifs (C(OH)–C–C–N with tert-alkyl or cyclic N) is 1. The fourth-order valence-corrected chi connectivity index (χ4v) is 4.58. The lowest BCUT2D eigenvalue weighted by atomic mass is 9.92. The molecule has 0 unspecified atom stereocenters. The van der Waals surface area contributed by atoms with Crippen LogP contribution in [-0.4, -0.2) is 31.4 Å². The Hall–Kier alpha value is -2.98. The van der Waals surface area contributed by atoms with Crippen molar-refractivity contribution >= 4 is 17.2 Å². The van der Waals surface area contributed by atoms with E-state index in [-0.39, 0.29) is 22.8 Å². The van der Waals surface area contributed by atoms with Crippen LogP contribution in [0.5, 0.6) is 0 Å². The molecule has 35 heavy (non-hydrogen) atoms. The predicted molar refractivity (Wildman–Crippen MR) is 125 cm³/mol. The summed E-state index contributed by atoms with van der Waals surface area (Å²) in [5.41, 5.74) is 1.14. The first-order valence-electron chi connectivity index (χ1n) is 10.9. The van der Waals surface area contributed by atoms with Gasteiger partial charge in [-0.25, -0.2) is 9.50 Å². The molecule has 4 aromatic rings. The second-order valence-electron chi connectivity index (χ2n) is 9.09. The Labute approximate surface area is 204 Å². The van der Waals surface area contributed by atoms with E-state index in [9.17, 15) is 23.4 Å². The van der Waals surface area contributed by atoms with E-state index < -0.39 is 29.5 Å². The molecule has 1 aliphatic heterocycles. The molecule has 0 saturated carbocycles. The molecule has 2 aromatic carbocycles. The van der Waals surface area contributed by atoms with Crippen molar-refractivity contribution in [2.24, 2.45) is 0 Å². The number of alkyl halides is 3. The van der Waals surface area contributed by atoms with E-state index in [0.717, 1.165) is 17.2 Å². The van der Waals surface area contributed by atoms with Crippen LogP contribution in [0.3, 0.4) is 0 Å². The van der Waals surface area contributed by atoms with Crippen molar-refractivity contribution in [3.8, 4) is 11.3 Å². The number of rotatable bonds is 3. The molecule has 5 rings (SSSR count). The van der Waals surface area contributed by atoms with E-state index in [2.05, 4.69) is 15.4 Å². The Morgan fingerprint density at radius 2 is 1.77 bits per heavy atom. The van der Waals surface area contributed by atoms with Gasteiger partial charge in [-0.3, -0.25) is 0 Å². The van der Waals surface area contributed by atoms with Gasteiger partial charge in [0.2, 0.25) is 0 Å². The largest absolute Gasteiger partial charge is 0.416 e. The number of aromatic nitrogens is 3. The monoisotopic (exact) mass is 502 g/mol. The second kappa shape index (κ2) is 8.30. The zero-order chi connectivity index (χ0) is 25.1. The first kappa shape index (κ1) is 23.7. The molecule has 6 nitrogen and oxygen atoms in total. The number of fused-ring (bicyclic) bond motifs is 3. The SMILES string of the molecule is CC(C)(O)c1ccc(-c2ccc3nc4c(n3n2)[C@H](c2cc(Cl)ccc2C(F)(F)F)NC[C@H]4O)cc1. The van der Waals surface area contributed by atoms with E-state index in [1.165, 1.54) is 16.6 Å². The molecular formula is C25H22ClF3N4O2. The van der Waals surface area contributed by atoms with Crippen LogP contribution in [0.4, 0.5) is 13.2 Å². The van der Waals surface area contributed by atoms with Gasteiger partial charge in [-0.15, -0.1) is 0 Å². The molecule has 0 fully saturated rings. The number of halogens is 4. The lowest BCUT2D eigenvalue weighted by Crippen LogP contribution is -2.35. The van der Waals surface area contributed by atoms with Crippen LogP contribution in [0.1, 0.15) is 54.1 Å². The van der Waals surface area contributed by atoms with Crippen molar-refractivity contribution in [2.45, 2.75) is 37.8 Å². The van der Waals surface area contributed by atoms with E-state index in [1.807, 2.05) is 12.1 Å². The van der Waals surface area contributed by atoms with Gasteiger partial charge in [0.1, 0.15) is 6.10 Å². The van der Waals surface area contributed by atoms with Gasteiger partial charge in [-0.1, -0.05) is 35.9 Å². The quantitative estimate of drug-likeness (QED) is 0.366. The minimum atomic E-state index is -4.60. The summed E-state index contributed by atoms with van der Waals surface area (Å²) in [5, 5.41) is 28.6. The first-order valence-corrected chi connectivity index (χ1v) is 11.3. The van der Waals surface area contributed by atoms with Crippen molar-refractivity contribution < 1.29 is 23.4 Å². The van der Waals surface area contributed by atoms with Crippen molar-refractivity contribution in [3.63, 3.8) is 0 Å². The molecular weight excluding hydrogens is 481 g/mol. The summed E-state index contributed by atoms with van der Waals surface area (Å²) >= 11 is 6.08. The summed E-state index contributed by atoms with van der Waals surface area (Å²) in [6.07, 6.45) is -5.61. The molecule has 0 radical (unpaired) electrons. The smallest absolute Gasteiger partial charge is 0.386 e. The Morgan fingerprint density at radius 1 is 1.06 bits per heavy atom. The van der Waals surface area contributed by atoms with Gasteiger partial charge in [0, 0.05) is 17.1 Å². The van der Waals surface area contributed by atoms with Crippen LogP contribution in [0.25, 0.3) is 16.9 Å². The van der Waals surface area contributed by atoms with Crippen molar-refractivity contribution in [2.75, 3.05) is 6.54 Å². The summed E-state index contributed by atoms with van der Waals surface area (Å²) < 4.78 is 43.0. The van der Waals surface area contributed by atoms with Gasteiger partial charge in [0.25, 0.3) is 0 Å². The predicted octanol–water partition coefficient (Wildman–Crippen LogP) is 5.02. The van der Waals surface area contributed by atoms with Crippen molar-refractivity contribution in [3.05, 3.63) is 87.7 Å². The molecule has 3 N–H and O–H groups in total. The van der Waals surface area contributed by atoms with E-state index in [0.29, 0.717) is 17.0 Å². The number of hydrogen-bond acceptors (Lipinski definition) is 5. The number of benzene rings is 2. The van der Waals surface area contributed by atoms with Crippen LogP contribution in [-0.2, 0) is 11.8 Å². The lowest BCUT2D eigenvalue weighted by molar-refractivity contribution is -0.138. The molecule has 0 spiro atoms. The van der Waals surface area contributed by atoms with Gasteiger partial charge < -0.3 is 15.5 Å². The number of aliphatic hydroxyl groups excluding tert-OH is 1. The number of imidazole rings is 1.